The number of aromatic nitrogens is 2. The van der Waals surface area contributed by atoms with Gasteiger partial charge in [0.25, 0.3) is 17.4 Å². The van der Waals surface area contributed by atoms with Crippen molar-refractivity contribution in [2.75, 3.05) is 19.0 Å². The summed E-state index contributed by atoms with van der Waals surface area (Å²) in [6.07, 6.45) is 0. The lowest BCUT2D eigenvalue weighted by molar-refractivity contribution is -0.139. The number of esters is 1. The molecule has 0 aliphatic rings. The van der Waals surface area contributed by atoms with Gasteiger partial charge in [-0.2, -0.15) is 5.10 Å². The third-order valence-corrected chi connectivity index (χ3v) is 4.20. The van der Waals surface area contributed by atoms with Crippen molar-refractivity contribution in [1.29, 1.82) is 0 Å². The zero-order valence-electron chi connectivity index (χ0n) is 15.8. The lowest BCUT2D eigenvalue weighted by Gasteiger charge is -2.09. The number of ether oxygens (including phenoxy) is 1. The molecule has 0 unspecified atom stereocenters. The van der Waals surface area contributed by atoms with Gasteiger partial charge in [-0.1, -0.05) is 18.2 Å². The van der Waals surface area contributed by atoms with Gasteiger partial charge in [0.2, 0.25) is 0 Å². The summed E-state index contributed by atoms with van der Waals surface area (Å²) in [6.45, 7) is -0.237. The number of carbonyl (C=O) groups excluding carboxylic acids is 3. The average molecular weight is 394 g/mol. The summed E-state index contributed by atoms with van der Waals surface area (Å²) in [6, 6.07) is 12.9. The van der Waals surface area contributed by atoms with E-state index in [2.05, 4.69) is 20.5 Å². The molecule has 148 valence electrons. The van der Waals surface area contributed by atoms with E-state index >= 15 is 0 Å². The molecule has 3 rings (SSSR count). The first kappa shape index (κ1) is 19.7. The standard InChI is InChI=1S/C20H18N4O5/c1-24-20(28)15-6-4-3-5-14(15)17(23-24)19(27)22-13-9-7-12(8-10-13)18(26)21-11-16(25)29-2/h3-10H,11H2,1-2H3,(H,21,26)(H,22,27). The summed E-state index contributed by atoms with van der Waals surface area (Å²) in [4.78, 5) is 48.0. The molecule has 3 aromatic rings. The number of carbonyl (C=O) groups is 3. The van der Waals surface area contributed by atoms with E-state index in [1.54, 1.807) is 36.4 Å². The molecule has 0 bridgehead atoms. The van der Waals surface area contributed by atoms with E-state index in [1.165, 1.54) is 26.3 Å². The molecule has 9 nitrogen and oxygen atoms in total. The fraction of sp³-hybridized carbons (Fsp3) is 0.150. The predicted molar refractivity (Wildman–Crippen MR) is 106 cm³/mol. The van der Waals surface area contributed by atoms with Gasteiger partial charge < -0.3 is 15.4 Å². The first-order valence-electron chi connectivity index (χ1n) is 8.63. The van der Waals surface area contributed by atoms with Crippen LogP contribution in [0.4, 0.5) is 5.69 Å². The normalized spacial score (nSPS) is 10.4. The SMILES string of the molecule is COC(=O)CNC(=O)c1ccc(NC(=O)c2nn(C)c(=O)c3ccccc23)cc1. The Morgan fingerprint density at radius 3 is 2.31 bits per heavy atom. The number of rotatable bonds is 5. The van der Waals surface area contributed by atoms with Crippen LogP contribution in [0.3, 0.4) is 0 Å². The minimum Gasteiger partial charge on any atom is -0.468 e. The lowest BCUT2D eigenvalue weighted by atomic mass is 10.1. The van der Waals surface area contributed by atoms with E-state index in [9.17, 15) is 19.2 Å². The number of nitrogens with zero attached hydrogens (tertiary/aromatic N) is 2. The zero-order chi connectivity index (χ0) is 21.0. The van der Waals surface area contributed by atoms with Crippen LogP contribution in [-0.2, 0) is 16.6 Å². The van der Waals surface area contributed by atoms with Crippen LogP contribution in [0.2, 0.25) is 0 Å². The van der Waals surface area contributed by atoms with Gasteiger partial charge in [0.1, 0.15) is 6.54 Å². The number of benzene rings is 2. The highest BCUT2D eigenvalue weighted by Gasteiger charge is 2.16. The van der Waals surface area contributed by atoms with E-state index in [4.69, 9.17) is 0 Å². The fourth-order valence-electron chi connectivity index (χ4n) is 2.69. The summed E-state index contributed by atoms with van der Waals surface area (Å²) in [5.74, 6) is -1.49. The van der Waals surface area contributed by atoms with Crippen LogP contribution in [0.25, 0.3) is 10.8 Å². The maximum atomic E-state index is 12.7. The lowest BCUT2D eigenvalue weighted by Crippen LogP contribution is -2.30. The van der Waals surface area contributed by atoms with Crippen LogP contribution >= 0.6 is 0 Å². The second-order valence-electron chi connectivity index (χ2n) is 6.11. The van der Waals surface area contributed by atoms with Crippen molar-refractivity contribution in [3.8, 4) is 0 Å². The van der Waals surface area contributed by atoms with Crippen LogP contribution in [-0.4, -0.2) is 41.2 Å². The van der Waals surface area contributed by atoms with Gasteiger partial charge in [-0.15, -0.1) is 0 Å². The number of amides is 2. The Kier molecular flexibility index (Phi) is 5.68. The smallest absolute Gasteiger partial charge is 0.325 e. The van der Waals surface area contributed by atoms with E-state index in [0.717, 1.165) is 4.68 Å². The Morgan fingerprint density at radius 1 is 1.00 bits per heavy atom. The summed E-state index contributed by atoms with van der Waals surface area (Å²) in [5, 5.41) is 10.0. The third kappa shape index (κ3) is 4.29. The summed E-state index contributed by atoms with van der Waals surface area (Å²) in [7, 11) is 2.71. The number of hydrogen-bond donors (Lipinski definition) is 2. The van der Waals surface area contributed by atoms with Crippen molar-refractivity contribution < 1.29 is 19.1 Å². The fourth-order valence-corrected chi connectivity index (χ4v) is 2.69. The Balaban J connectivity index is 1.78. The molecular weight excluding hydrogens is 376 g/mol. The van der Waals surface area contributed by atoms with E-state index in [1.807, 2.05) is 0 Å². The number of aryl methyl sites for hydroxylation is 1. The average Bonchev–Trinajstić information content (AvgIpc) is 2.74. The first-order valence-corrected chi connectivity index (χ1v) is 8.63. The largest absolute Gasteiger partial charge is 0.468 e. The molecule has 0 fully saturated rings. The molecule has 0 saturated heterocycles. The van der Waals surface area contributed by atoms with E-state index in [0.29, 0.717) is 22.0 Å². The molecule has 0 saturated carbocycles. The summed E-state index contributed by atoms with van der Waals surface area (Å²) < 4.78 is 5.58. The molecule has 2 N–H and O–H groups in total. The molecule has 1 heterocycles. The number of methoxy groups -OCH3 is 1. The minimum atomic E-state index is -0.556. The summed E-state index contributed by atoms with van der Waals surface area (Å²) in [5.41, 5.74) is 0.582. The molecule has 0 aliphatic carbocycles. The summed E-state index contributed by atoms with van der Waals surface area (Å²) >= 11 is 0. The molecule has 0 radical (unpaired) electrons. The molecule has 2 aromatic carbocycles. The maximum Gasteiger partial charge on any atom is 0.325 e. The minimum absolute atomic E-state index is 0.114. The monoisotopic (exact) mass is 394 g/mol. The molecule has 1 aromatic heterocycles. The van der Waals surface area contributed by atoms with Crippen LogP contribution in [0.15, 0.2) is 53.3 Å². The topological polar surface area (TPSA) is 119 Å². The molecule has 0 atom stereocenters. The highest BCUT2D eigenvalue weighted by atomic mass is 16.5. The first-order chi connectivity index (χ1) is 13.9. The third-order valence-electron chi connectivity index (χ3n) is 4.20. The van der Waals surface area contributed by atoms with Gasteiger partial charge in [0.15, 0.2) is 5.69 Å². The van der Waals surface area contributed by atoms with Gasteiger partial charge in [0, 0.05) is 23.7 Å². The quantitative estimate of drug-likeness (QED) is 0.625. The number of fused-ring (bicyclic) bond motifs is 1. The van der Waals surface area contributed by atoms with Crippen molar-refractivity contribution >= 4 is 34.2 Å². The Morgan fingerprint density at radius 2 is 1.66 bits per heavy atom. The zero-order valence-corrected chi connectivity index (χ0v) is 15.8. The van der Waals surface area contributed by atoms with Crippen molar-refractivity contribution in [3.63, 3.8) is 0 Å². The molecule has 2 amide bonds. The number of hydrogen-bond acceptors (Lipinski definition) is 6. The number of anilines is 1. The molecular formula is C20H18N4O5. The van der Waals surface area contributed by atoms with Gasteiger partial charge >= 0.3 is 5.97 Å². The van der Waals surface area contributed by atoms with Crippen molar-refractivity contribution in [3.05, 3.63) is 70.1 Å². The molecule has 0 aliphatic heterocycles. The highest BCUT2D eigenvalue weighted by Crippen LogP contribution is 2.16. The van der Waals surface area contributed by atoms with Crippen LogP contribution < -0.4 is 16.2 Å². The van der Waals surface area contributed by atoms with Crippen LogP contribution in [0.1, 0.15) is 20.8 Å². The van der Waals surface area contributed by atoms with Gasteiger partial charge in [-0.25, -0.2) is 4.68 Å². The van der Waals surface area contributed by atoms with E-state index in [-0.39, 0.29) is 17.8 Å². The Bertz CT molecular complexity index is 1150. The Hall–Kier alpha value is -4.01. The van der Waals surface area contributed by atoms with Gasteiger partial charge in [0.05, 0.1) is 12.5 Å². The van der Waals surface area contributed by atoms with Crippen molar-refractivity contribution in [2.45, 2.75) is 0 Å². The van der Waals surface area contributed by atoms with Crippen LogP contribution in [0.5, 0.6) is 0 Å². The molecule has 29 heavy (non-hydrogen) atoms. The van der Waals surface area contributed by atoms with Crippen molar-refractivity contribution in [2.24, 2.45) is 7.05 Å². The second-order valence-corrected chi connectivity index (χ2v) is 6.11. The molecule has 9 heteroatoms. The number of nitrogens with one attached hydrogen (secondary N) is 2. The second kappa shape index (κ2) is 8.34. The highest BCUT2D eigenvalue weighted by molar-refractivity contribution is 6.11. The predicted octanol–water partition coefficient (Wildman–Crippen LogP) is 1.09. The van der Waals surface area contributed by atoms with Crippen molar-refractivity contribution in [1.82, 2.24) is 15.1 Å². The molecule has 0 spiro atoms. The van der Waals surface area contributed by atoms with E-state index < -0.39 is 17.8 Å². The maximum absolute atomic E-state index is 12.7. The van der Waals surface area contributed by atoms with Gasteiger partial charge in [-0.05, 0) is 30.3 Å². The Labute approximate surface area is 165 Å². The van der Waals surface area contributed by atoms with Gasteiger partial charge in [-0.3, -0.25) is 19.2 Å². The van der Waals surface area contributed by atoms with Crippen LogP contribution in [0, 0.1) is 0 Å².